The monoisotopic (exact) mass is 426 g/mol. The standard InChI is InChI=1S/C25H34N2O4/c1-5-26(6-2)22-12-10-20(18-28)24(16-22)30-14-9-15-31-25-17-23(27(7-3)8-4)13-11-21(25)19-29/h10-13,16-19H,5-9,14-15H2,1-4H3. The molecular weight excluding hydrogens is 392 g/mol. The number of hydrogen-bond donors (Lipinski definition) is 0. The number of rotatable bonds is 14. The molecule has 0 heterocycles. The maximum Gasteiger partial charge on any atom is 0.153 e. The zero-order chi connectivity index (χ0) is 22.6. The van der Waals surface area contributed by atoms with Crippen LogP contribution in [0, 0.1) is 0 Å². The van der Waals surface area contributed by atoms with E-state index in [9.17, 15) is 9.59 Å². The van der Waals surface area contributed by atoms with Crippen molar-refractivity contribution in [2.45, 2.75) is 34.1 Å². The second-order valence-corrected chi connectivity index (χ2v) is 7.08. The Bertz CT molecular complexity index is 776. The Hall–Kier alpha value is -3.02. The summed E-state index contributed by atoms with van der Waals surface area (Å²) in [5.74, 6) is 1.16. The van der Waals surface area contributed by atoms with Crippen LogP contribution < -0.4 is 19.3 Å². The van der Waals surface area contributed by atoms with Crippen LogP contribution in [0.4, 0.5) is 11.4 Å². The molecule has 0 radical (unpaired) electrons. The third-order valence-electron chi connectivity index (χ3n) is 5.31. The Morgan fingerprint density at radius 1 is 0.677 bits per heavy atom. The van der Waals surface area contributed by atoms with Crippen molar-refractivity contribution in [3.8, 4) is 11.5 Å². The fourth-order valence-corrected chi connectivity index (χ4v) is 3.48. The molecule has 0 atom stereocenters. The van der Waals surface area contributed by atoms with Gasteiger partial charge in [0.25, 0.3) is 0 Å². The Labute approximate surface area is 185 Å². The van der Waals surface area contributed by atoms with Gasteiger partial charge in [-0.05, 0) is 52.0 Å². The summed E-state index contributed by atoms with van der Waals surface area (Å²) < 4.78 is 11.8. The molecule has 0 bridgehead atoms. The van der Waals surface area contributed by atoms with E-state index in [1.165, 1.54) is 0 Å². The highest BCUT2D eigenvalue weighted by atomic mass is 16.5. The van der Waals surface area contributed by atoms with Crippen molar-refractivity contribution in [1.82, 2.24) is 0 Å². The number of carbonyl (C=O) groups is 2. The zero-order valence-corrected chi connectivity index (χ0v) is 19.1. The summed E-state index contributed by atoms with van der Waals surface area (Å²) in [6, 6.07) is 11.3. The SMILES string of the molecule is CCN(CC)c1ccc(C=O)c(OCCCOc2cc(N(CC)CC)ccc2C=O)c1. The van der Waals surface area contributed by atoms with Crippen LogP contribution in [0.1, 0.15) is 54.8 Å². The fourth-order valence-electron chi connectivity index (χ4n) is 3.48. The number of carbonyl (C=O) groups excluding carboxylic acids is 2. The third kappa shape index (κ3) is 6.48. The first-order valence-corrected chi connectivity index (χ1v) is 11.1. The molecule has 0 fully saturated rings. The molecule has 168 valence electrons. The molecule has 6 nitrogen and oxygen atoms in total. The largest absolute Gasteiger partial charge is 0.493 e. The molecule has 0 aromatic heterocycles. The van der Waals surface area contributed by atoms with Crippen LogP contribution in [-0.2, 0) is 0 Å². The average molecular weight is 427 g/mol. The van der Waals surface area contributed by atoms with E-state index in [-0.39, 0.29) is 0 Å². The molecule has 31 heavy (non-hydrogen) atoms. The normalized spacial score (nSPS) is 10.5. The molecule has 0 aliphatic heterocycles. The zero-order valence-electron chi connectivity index (χ0n) is 19.1. The molecule has 6 heteroatoms. The van der Waals surface area contributed by atoms with Crippen molar-refractivity contribution < 1.29 is 19.1 Å². The van der Waals surface area contributed by atoms with Crippen LogP contribution in [-0.4, -0.2) is 52.0 Å². The number of nitrogens with zero attached hydrogens (tertiary/aromatic N) is 2. The van der Waals surface area contributed by atoms with Gasteiger partial charge in [-0.15, -0.1) is 0 Å². The van der Waals surface area contributed by atoms with Gasteiger partial charge in [0.05, 0.1) is 24.3 Å². The Morgan fingerprint density at radius 3 is 1.39 bits per heavy atom. The van der Waals surface area contributed by atoms with Crippen molar-refractivity contribution >= 4 is 23.9 Å². The third-order valence-corrected chi connectivity index (χ3v) is 5.31. The molecule has 0 spiro atoms. The summed E-state index contributed by atoms with van der Waals surface area (Å²) in [6.45, 7) is 12.7. The summed E-state index contributed by atoms with van der Waals surface area (Å²) in [7, 11) is 0. The highest BCUT2D eigenvalue weighted by Crippen LogP contribution is 2.26. The Balaban J connectivity index is 1.98. The van der Waals surface area contributed by atoms with Gasteiger partial charge in [-0.1, -0.05) is 0 Å². The predicted octanol–water partition coefficient (Wildman–Crippen LogP) is 4.85. The second-order valence-electron chi connectivity index (χ2n) is 7.08. The molecule has 0 N–H and O–H groups in total. The quantitative estimate of drug-likeness (QED) is 0.318. The van der Waals surface area contributed by atoms with E-state index in [0.29, 0.717) is 42.3 Å². The highest BCUT2D eigenvalue weighted by molar-refractivity contribution is 5.81. The summed E-state index contributed by atoms with van der Waals surface area (Å²) >= 11 is 0. The van der Waals surface area contributed by atoms with Crippen LogP contribution in [0.2, 0.25) is 0 Å². The molecule has 0 unspecified atom stereocenters. The molecule has 0 saturated carbocycles. The second kappa shape index (κ2) is 12.6. The highest BCUT2D eigenvalue weighted by Gasteiger charge is 2.10. The minimum Gasteiger partial charge on any atom is -0.493 e. The first-order valence-electron chi connectivity index (χ1n) is 11.1. The van der Waals surface area contributed by atoms with Gasteiger partial charge in [0, 0.05) is 56.1 Å². The topological polar surface area (TPSA) is 59.1 Å². The number of benzene rings is 2. The first kappa shape index (κ1) is 24.3. The Morgan fingerprint density at radius 2 is 1.06 bits per heavy atom. The average Bonchev–Trinajstić information content (AvgIpc) is 2.80. The van der Waals surface area contributed by atoms with Crippen molar-refractivity contribution in [3.05, 3.63) is 47.5 Å². The molecule has 2 rings (SSSR count). The van der Waals surface area contributed by atoms with Crippen LogP contribution in [0.3, 0.4) is 0 Å². The molecule has 2 aromatic carbocycles. The summed E-state index contributed by atoms with van der Waals surface area (Å²) in [5, 5.41) is 0. The lowest BCUT2D eigenvalue weighted by molar-refractivity contribution is 0.111. The molecule has 0 amide bonds. The fraction of sp³-hybridized carbons (Fsp3) is 0.440. The van der Waals surface area contributed by atoms with E-state index in [1.807, 2.05) is 24.3 Å². The van der Waals surface area contributed by atoms with E-state index in [1.54, 1.807) is 12.1 Å². The van der Waals surface area contributed by atoms with Gasteiger partial charge in [-0.2, -0.15) is 0 Å². The van der Waals surface area contributed by atoms with E-state index in [2.05, 4.69) is 37.5 Å². The van der Waals surface area contributed by atoms with Gasteiger partial charge in [0.2, 0.25) is 0 Å². The van der Waals surface area contributed by atoms with Gasteiger partial charge >= 0.3 is 0 Å². The lowest BCUT2D eigenvalue weighted by Gasteiger charge is -2.22. The molecule has 0 aliphatic carbocycles. The van der Waals surface area contributed by atoms with Crippen molar-refractivity contribution in [2.24, 2.45) is 0 Å². The minimum atomic E-state index is 0.411. The van der Waals surface area contributed by atoms with Crippen LogP contribution in [0.25, 0.3) is 0 Å². The predicted molar refractivity (Wildman–Crippen MR) is 126 cm³/mol. The van der Waals surface area contributed by atoms with Gasteiger partial charge in [0.1, 0.15) is 11.5 Å². The summed E-state index contributed by atoms with van der Waals surface area (Å²) in [6.07, 6.45) is 2.25. The van der Waals surface area contributed by atoms with Gasteiger partial charge in [-0.3, -0.25) is 9.59 Å². The van der Waals surface area contributed by atoms with Crippen LogP contribution >= 0.6 is 0 Å². The van der Waals surface area contributed by atoms with Gasteiger partial charge in [0.15, 0.2) is 12.6 Å². The number of anilines is 2. The van der Waals surface area contributed by atoms with Gasteiger partial charge < -0.3 is 19.3 Å². The molecular formula is C25H34N2O4. The first-order chi connectivity index (χ1) is 15.1. The van der Waals surface area contributed by atoms with Crippen LogP contribution in [0.15, 0.2) is 36.4 Å². The van der Waals surface area contributed by atoms with Crippen molar-refractivity contribution in [2.75, 3.05) is 49.2 Å². The van der Waals surface area contributed by atoms with Gasteiger partial charge in [-0.25, -0.2) is 0 Å². The lowest BCUT2D eigenvalue weighted by atomic mass is 10.2. The maximum absolute atomic E-state index is 11.4. The molecule has 0 saturated heterocycles. The van der Waals surface area contributed by atoms with Crippen molar-refractivity contribution in [1.29, 1.82) is 0 Å². The maximum atomic E-state index is 11.4. The van der Waals surface area contributed by atoms with E-state index < -0.39 is 0 Å². The number of hydrogen-bond acceptors (Lipinski definition) is 6. The summed E-state index contributed by atoms with van der Waals surface area (Å²) in [4.78, 5) is 27.2. The van der Waals surface area contributed by atoms with Crippen LogP contribution in [0.5, 0.6) is 11.5 Å². The number of aldehydes is 2. The molecule has 0 aliphatic rings. The summed E-state index contributed by atoms with van der Waals surface area (Å²) in [5.41, 5.74) is 3.13. The number of ether oxygens (including phenoxy) is 2. The van der Waals surface area contributed by atoms with E-state index in [4.69, 9.17) is 9.47 Å². The van der Waals surface area contributed by atoms with Crippen molar-refractivity contribution in [3.63, 3.8) is 0 Å². The minimum absolute atomic E-state index is 0.411. The van der Waals surface area contributed by atoms with E-state index in [0.717, 1.165) is 50.1 Å². The lowest BCUT2D eigenvalue weighted by Crippen LogP contribution is -2.22. The smallest absolute Gasteiger partial charge is 0.153 e. The Kier molecular flexibility index (Phi) is 9.88. The molecule has 2 aromatic rings. The van der Waals surface area contributed by atoms with E-state index >= 15 is 0 Å².